The van der Waals surface area contributed by atoms with Crippen LogP contribution in [0.25, 0.3) is 0 Å². The van der Waals surface area contributed by atoms with Gasteiger partial charge < -0.3 is 14.6 Å². The normalized spacial score (nSPS) is 14.4. The molecule has 0 saturated carbocycles. The number of hydrogen-bond acceptors (Lipinski definition) is 4. The van der Waals surface area contributed by atoms with Gasteiger partial charge in [0.1, 0.15) is 12.4 Å². The molecule has 0 spiro atoms. The van der Waals surface area contributed by atoms with Crippen molar-refractivity contribution in [3.63, 3.8) is 0 Å². The Kier molecular flexibility index (Phi) is 3.28. The van der Waals surface area contributed by atoms with Gasteiger partial charge in [0, 0.05) is 30.8 Å². The molecule has 2 aromatic rings. The van der Waals surface area contributed by atoms with E-state index in [-0.39, 0.29) is 6.09 Å². The number of carbonyl (C=O) groups is 1. The lowest BCUT2D eigenvalue weighted by Crippen LogP contribution is -2.23. The number of amides is 1. The fourth-order valence-electron chi connectivity index (χ4n) is 2.16. The standard InChI is InChI=1S/C14H16N4O2/c1-17-6-5-15-13(17)10-16-11-3-2-4-12(9-11)18-7-8-20-14(18)19/h2-6,9,16H,7-8,10H2,1H3. The topological polar surface area (TPSA) is 59.4 Å². The summed E-state index contributed by atoms with van der Waals surface area (Å²) in [6.45, 7) is 1.68. The Morgan fingerprint density at radius 3 is 3.05 bits per heavy atom. The van der Waals surface area contributed by atoms with E-state index >= 15 is 0 Å². The second kappa shape index (κ2) is 5.24. The minimum atomic E-state index is -0.286. The number of benzene rings is 1. The van der Waals surface area contributed by atoms with E-state index in [9.17, 15) is 4.79 Å². The zero-order chi connectivity index (χ0) is 13.9. The molecule has 0 radical (unpaired) electrons. The third kappa shape index (κ3) is 2.45. The Hall–Kier alpha value is -2.50. The highest BCUT2D eigenvalue weighted by molar-refractivity contribution is 5.89. The highest BCUT2D eigenvalue weighted by atomic mass is 16.6. The van der Waals surface area contributed by atoms with Crippen molar-refractivity contribution < 1.29 is 9.53 Å². The zero-order valence-electron chi connectivity index (χ0n) is 11.2. The van der Waals surface area contributed by atoms with Crippen LogP contribution in [0, 0.1) is 0 Å². The van der Waals surface area contributed by atoms with Gasteiger partial charge in [-0.2, -0.15) is 0 Å². The predicted molar refractivity (Wildman–Crippen MR) is 75.7 cm³/mol. The summed E-state index contributed by atoms with van der Waals surface area (Å²) in [5, 5.41) is 3.30. The lowest BCUT2D eigenvalue weighted by Gasteiger charge is -2.14. The monoisotopic (exact) mass is 272 g/mol. The second-order valence-electron chi connectivity index (χ2n) is 4.62. The molecule has 104 valence electrons. The summed E-state index contributed by atoms with van der Waals surface area (Å²) in [6, 6.07) is 7.73. The molecular formula is C14H16N4O2. The van der Waals surface area contributed by atoms with Gasteiger partial charge in [-0.3, -0.25) is 4.90 Å². The largest absolute Gasteiger partial charge is 0.447 e. The molecule has 1 aromatic carbocycles. The van der Waals surface area contributed by atoms with E-state index in [2.05, 4.69) is 10.3 Å². The fraction of sp³-hybridized carbons (Fsp3) is 0.286. The number of carbonyl (C=O) groups excluding carboxylic acids is 1. The van der Waals surface area contributed by atoms with Gasteiger partial charge in [-0.1, -0.05) is 6.07 Å². The van der Waals surface area contributed by atoms with Gasteiger partial charge in [-0.15, -0.1) is 0 Å². The van der Waals surface area contributed by atoms with E-state index in [0.29, 0.717) is 19.7 Å². The average Bonchev–Trinajstić information content (AvgIpc) is 3.05. The van der Waals surface area contributed by atoms with Crippen LogP contribution in [0.3, 0.4) is 0 Å². The number of anilines is 2. The maximum absolute atomic E-state index is 11.5. The number of hydrogen-bond donors (Lipinski definition) is 1. The SMILES string of the molecule is Cn1ccnc1CNc1cccc(N2CCOC2=O)c1. The summed E-state index contributed by atoms with van der Waals surface area (Å²) < 4.78 is 6.91. The predicted octanol–water partition coefficient (Wildman–Crippen LogP) is 1.99. The van der Waals surface area contributed by atoms with Crippen molar-refractivity contribution in [2.75, 3.05) is 23.4 Å². The maximum Gasteiger partial charge on any atom is 0.414 e. The molecule has 2 heterocycles. The first-order chi connectivity index (χ1) is 9.74. The summed E-state index contributed by atoms with van der Waals surface area (Å²) in [5.74, 6) is 0.955. The van der Waals surface area contributed by atoms with Crippen molar-refractivity contribution in [2.45, 2.75) is 6.54 Å². The van der Waals surface area contributed by atoms with Gasteiger partial charge in [0.25, 0.3) is 0 Å². The van der Waals surface area contributed by atoms with Crippen LogP contribution in [-0.2, 0) is 18.3 Å². The summed E-state index contributed by atoms with van der Waals surface area (Å²) >= 11 is 0. The summed E-state index contributed by atoms with van der Waals surface area (Å²) in [7, 11) is 1.96. The summed E-state index contributed by atoms with van der Waals surface area (Å²) in [4.78, 5) is 17.4. The molecule has 1 saturated heterocycles. The van der Waals surface area contributed by atoms with Crippen LogP contribution in [0.1, 0.15) is 5.82 Å². The van der Waals surface area contributed by atoms with Crippen molar-refractivity contribution in [3.8, 4) is 0 Å². The van der Waals surface area contributed by atoms with Crippen molar-refractivity contribution in [3.05, 3.63) is 42.5 Å². The smallest absolute Gasteiger partial charge is 0.414 e. The molecule has 3 rings (SSSR count). The van der Waals surface area contributed by atoms with E-state index in [1.807, 2.05) is 42.1 Å². The van der Waals surface area contributed by atoms with Crippen LogP contribution in [0.4, 0.5) is 16.2 Å². The van der Waals surface area contributed by atoms with E-state index in [1.165, 1.54) is 0 Å². The molecule has 1 aromatic heterocycles. The molecule has 0 aliphatic carbocycles. The van der Waals surface area contributed by atoms with Gasteiger partial charge in [0.05, 0.1) is 13.1 Å². The van der Waals surface area contributed by atoms with Gasteiger partial charge >= 0.3 is 6.09 Å². The lowest BCUT2D eigenvalue weighted by molar-refractivity contribution is 0.181. The van der Waals surface area contributed by atoms with Gasteiger partial charge in [-0.25, -0.2) is 9.78 Å². The minimum absolute atomic E-state index is 0.286. The Morgan fingerprint density at radius 1 is 1.45 bits per heavy atom. The van der Waals surface area contributed by atoms with Gasteiger partial charge in [-0.05, 0) is 18.2 Å². The third-order valence-corrected chi connectivity index (χ3v) is 3.29. The second-order valence-corrected chi connectivity index (χ2v) is 4.62. The number of cyclic esters (lactones) is 1. The Labute approximate surface area is 117 Å². The van der Waals surface area contributed by atoms with E-state index < -0.39 is 0 Å². The first kappa shape index (κ1) is 12.5. The van der Waals surface area contributed by atoms with Crippen LogP contribution in [0.2, 0.25) is 0 Å². The zero-order valence-corrected chi connectivity index (χ0v) is 11.2. The molecule has 1 aliphatic heterocycles. The van der Waals surface area contributed by atoms with Crippen molar-refractivity contribution >= 4 is 17.5 Å². The molecule has 0 bridgehead atoms. The number of aryl methyl sites for hydroxylation is 1. The molecule has 1 N–H and O–H groups in total. The third-order valence-electron chi connectivity index (χ3n) is 3.29. The Bertz CT molecular complexity index is 623. The number of aromatic nitrogens is 2. The van der Waals surface area contributed by atoms with E-state index in [0.717, 1.165) is 17.2 Å². The molecule has 6 nitrogen and oxygen atoms in total. The molecule has 6 heteroatoms. The number of imidazole rings is 1. The molecular weight excluding hydrogens is 256 g/mol. The van der Waals surface area contributed by atoms with Gasteiger partial charge in [0.15, 0.2) is 0 Å². The van der Waals surface area contributed by atoms with Crippen molar-refractivity contribution in [1.82, 2.24) is 9.55 Å². The Morgan fingerprint density at radius 2 is 2.35 bits per heavy atom. The summed E-state index contributed by atoms with van der Waals surface area (Å²) in [6.07, 6.45) is 3.40. The van der Waals surface area contributed by atoms with Crippen LogP contribution in [0.15, 0.2) is 36.7 Å². The number of ether oxygens (including phenoxy) is 1. The number of nitrogens with one attached hydrogen (secondary N) is 1. The van der Waals surface area contributed by atoms with Gasteiger partial charge in [0.2, 0.25) is 0 Å². The molecule has 1 fully saturated rings. The van der Waals surface area contributed by atoms with Crippen molar-refractivity contribution in [1.29, 1.82) is 0 Å². The quantitative estimate of drug-likeness (QED) is 0.924. The molecule has 1 aliphatic rings. The molecule has 0 unspecified atom stereocenters. The van der Waals surface area contributed by atoms with Crippen molar-refractivity contribution in [2.24, 2.45) is 7.05 Å². The van der Waals surface area contributed by atoms with E-state index in [4.69, 9.17) is 4.74 Å². The number of nitrogens with zero attached hydrogens (tertiary/aromatic N) is 3. The first-order valence-corrected chi connectivity index (χ1v) is 6.48. The van der Waals surface area contributed by atoms with Crippen LogP contribution in [-0.4, -0.2) is 28.8 Å². The van der Waals surface area contributed by atoms with Crippen LogP contribution >= 0.6 is 0 Å². The lowest BCUT2D eigenvalue weighted by atomic mass is 10.2. The summed E-state index contributed by atoms with van der Waals surface area (Å²) in [5.41, 5.74) is 1.79. The molecule has 20 heavy (non-hydrogen) atoms. The molecule has 1 amide bonds. The highest BCUT2D eigenvalue weighted by Crippen LogP contribution is 2.22. The minimum Gasteiger partial charge on any atom is -0.447 e. The van der Waals surface area contributed by atoms with Crippen LogP contribution < -0.4 is 10.2 Å². The number of rotatable bonds is 4. The highest BCUT2D eigenvalue weighted by Gasteiger charge is 2.23. The fourth-order valence-corrected chi connectivity index (χ4v) is 2.16. The molecule has 0 atom stereocenters. The average molecular weight is 272 g/mol. The maximum atomic E-state index is 11.5. The first-order valence-electron chi connectivity index (χ1n) is 6.48. The Balaban J connectivity index is 1.71. The van der Waals surface area contributed by atoms with Crippen LogP contribution in [0.5, 0.6) is 0 Å². The van der Waals surface area contributed by atoms with E-state index in [1.54, 1.807) is 11.1 Å².